The van der Waals surface area contributed by atoms with Gasteiger partial charge in [-0.1, -0.05) is 30.3 Å². The van der Waals surface area contributed by atoms with E-state index < -0.39 is 5.97 Å². The van der Waals surface area contributed by atoms with E-state index in [1.165, 1.54) is 0 Å². The molecule has 0 aliphatic carbocycles. The van der Waals surface area contributed by atoms with Crippen LogP contribution in [0.2, 0.25) is 0 Å². The molecule has 1 fully saturated rings. The van der Waals surface area contributed by atoms with Crippen molar-refractivity contribution in [2.24, 2.45) is 0 Å². The zero-order valence-electron chi connectivity index (χ0n) is 15.7. The van der Waals surface area contributed by atoms with Crippen molar-refractivity contribution >= 4 is 11.5 Å². The number of benzene rings is 1. The molecule has 3 heterocycles. The summed E-state index contributed by atoms with van der Waals surface area (Å²) in [4.78, 5) is 14.3. The van der Waals surface area contributed by atoms with Crippen LogP contribution in [0.5, 0.6) is 0 Å². The number of aromatic carboxylic acids is 1. The second kappa shape index (κ2) is 7.18. The van der Waals surface area contributed by atoms with Crippen LogP contribution >= 0.6 is 0 Å². The maximum atomic E-state index is 11.9. The maximum absolute atomic E-state index is 11.9. The molecule has 2 aromatic heterocycles. The van der Waals surface area contributed by atoms with Crippen molar-refractivity contribution < 1.29 is 14.6 Å². The van der Waals surface area contributed by atoms with Crippen LogP contribution in [-0.2, 0) is 4.74 Å². The highest BCUT2D eigenvalue weighted by Crippen LogP contribution is 2.33. The predicted octanol–water partition coefficient (Wildman–Crippen LogP) is 4.01. The fraction of sp³-hybridized carbons (Fsp3) is 0.318. The summed E-state index contributed by atoms with van der Waals surface area (Å²) in [5.41, 5.74) is 5.30. The Balaban J connectivity index is 1.92. The third-order valence-corrected chi connectivity index (χ3v) is 5.56. The van der Waals surface area contributed by atoms with Gasteiger partial charge in [-0.25, -0.2) is 4.79 Å². The van der Waals surface area contributed by atoms with E-state index >= 15 is 0 Å². The van der Waals surface area contributed by atoms with E-state index in [2.05, 4.69) is 40.6 Å². The Bertz CT molecular complexity index is 972. The molecular weight excluding hydrogens is 340 g/mol. The van der Waals surface area contributed by atoms with Gasteiger partial charge in [0.25, 0.3) is 0 Å². The van der Waals surface area contributed by atoms with Gasteiger partial charge in [0.05, 0.1) is 24.3 Å². The van der Waals surface area contributed by atoms with Crippen molar-refractivity contribution in [1.82, 2.24) is 9.30 Å². The van der Waals surface area contributed by atoms with Crippen molar-refractivity contribution in [1.29, 1.82) is 0 Å². The van der Waals surface area contributed by atoms with Crippen LogP contribution in [0.3, 0.4) is 0 Å². The Labute approximate surface area is 158 Å². The standard InChI is InChI=1S/C22H24N2O3/c1-15-19(22(25)26)14-20-18(17-6-4-3-5-7-17)8-9-24(20)21(15)16(2)23-10-12-27-13-11-23/h3-9,14,16H,10-13H2,1-2H3,(H,25,26). The number of hydrogen-bond donors (Lipinski definition) is 1. The Morgan fingerprint density at radius 2 is 1.85 bits per heavy atom. The Morgan fingerprint density at radius 1 is 1.15 bits per heavy atom. The van der Waals surface area contributed by atoms with E-state index in [0.717, 1.165) is 41.0 Å². The normalized spacial score (nSPS) is 16.5. The lowest BCUT2D eigenvalue weighted by Crippen LogP contribution is -2.39. The summed E-state index contributed by atoms with van der Waals surface area (Å²) in [6, 6.07) is 14.1. The van der Waals surface area contributed by atoms with Gasteiger partial charge in [0.2, 0.25) is 0 Å². The molecule has 1 unspecified atom stereocenters. The maximum Gasteiger partial charge on any atom is 0.336 e. The van der Waals surface area contributed by atoms with Crippen LogP contribution in [0.4, 0.5) is 0 Å². The zero-order valence-corrected chi connectivity index (χ0v) is 15.7. The molecule has 1 saturated heterocycles. The van der Waals surface area contributed by atoms with Crippen LogP contribution < -0.4 is 0 Å². The third-order valence-electron chi connectivity index (χ3n) is 5.56. The number of pyridine rings is 1. The molecule has 0 radical (unpaired) electrons. The monoisotopic (exact) mass is 364 g/mol. The van der Waals surface area contributed by atoms with Gasteiger partial charge in [-0.3, -0.25) is 4.90 Å². The molecule has 3 aromatic rings. The van der Waals surface area contributed by atoms with E-state index in [4.69, 9.17) is 4.74 Å². The summed E-state index contributed by atoms with van der Waals surface area (Å²) in [5.74, 6) is -0.884. The minimum Gasteiger partial charge on any atom is -0.478 e. The highest BCUT2D eigenvalue weighted by atomic mass is 16.5. The molecule has 1 aliphatic heterocycles. The molecule has 0 amide bonds. The van der Waals surface area contributed by atoms with E-state index in [1.54, 1.807) is 6.07 Å². The van der Waals surface area contributed by atoms with Crippen LogP contribution in [-0.4, -0.2) is 46.7 Å². The number of nitrogens with zero attached hydrogens (tertiary/aromatic N) is 2. The summed E-state index contributed by atoms with van der Waals surface area (Å²) >= 11 is 0. The molecule has 140 valence electrons. The first kappa shape index (κ1) is 17.8. The fourth-order valence-electron chi connectivity index (χ4n) is 4.10. The number of ether oxygens (including phenoxy) is 1. The second-order valence-electron chi connectivity index (χ2n) is 7.05. The number of carboxylic acids is 1. The van der Waals surface area contributed by atoms with Crippen molar-refractivity contribution in [3.8, 4) is 11.1 Å². The lowest BCUT2D eigenvalue weighted by atomic mass is 9.99. The van der Waals surface area contributed by atoms with Gasteiger partial charge in [-0.2, -0.15) is 0 Å². The van der Waals surface area contributed by atoms with Gasteiger partial charge in [-0.05, 0) is 37.1 Å². The van der Waals surface area contributed by atoms with Gasteiger partial charge in [0.1, 0.15) is 0 Å². The minimum atomic E-state index is -0.884. The number of fused-ring (bicyclic) bond motifs is 1. The largest absolute Gasteiger partial charge is 0.478 e. The van der Waals surface area contributed by atoms with Gasteiger partial charge < -0.3 is 14.2 Å². The van der Waals surface area contributed by atoms with Gasteiger partial charge in [0.15, 0.2) is 0 Å². The van der Waals surface area contributed by atoms with Gasteiger partial charge in [0, 0.05) is 36.6 Å². The van der Waals surface area contributed by atoms with Crippen LogP contribution in [0.15, 0.2) is 48.7 Å². The van der Waals surface area contributed by atoms with E-state index in [0.29, 0.717) is 18.8 Å². The van der Waals surface area contributed by atoms with Crippen LogP contribution in [0, 0.1) is 6.92 Å². The molecular formula is C22H24N2O3. The number of carbonyl (C=O) groups is 1. The Morgan fingerprint density at radius 3 is 2.52 bits per heavy atom. The SMILES string of the molecule is Cc1c(C(=O)O)cc2c(-c3ccccc3)ccn2c1C(C)N1CCOCC1. The first-order valence-electron chi connectivity index (χ1n) is 9.33. The van der Waals surface area contributed by atoms with Gasteiger partial charge >= 0.3 is 5.97 Å². The Hall–Kier alpha value is -2.63. The summed E-state index contributed by atoms with van der Waals surface area (Å²) in [5, 5.41) is 9.80. The highest BCUT2D eigenvalue weighted by Gasteiger charge is 2.25. The average Bonchev–Trinajstić information content (AvgIpc) is 3.11. The van der Waals surface area contributed by atoms with Crippen LogP contribution in [0.25, 0.3) is 16.6 Å². The van der Waals surface area contributed by atoms with Crippen molar-refractivity contribution in [2.75, 3.05) is 26.3 Å². The molecule has 1 aromatic carbocycles. The summed E-state index contributed by atoms with van der Waals surface area (Å²) < 4.78 is 7.64. The fourth-order valence-corrected chi connectivity index (χ4v) is 4.10. The zero-order chi connectivity index (χ0) is 19.0. The smallest absolute Gasteiger partial charge is 0.336 e. The first-order valence-corrected chi connectivity index (χ1v) is 9.33. The number of rotatable bonds is 4. The summed E-state index contributed by atoms with van der Waals surface area (Å²) in [6.45, 7) is 7.20. The summed E-state index contributed by atoms with van der Waals surface area (Å²) in [7, 11) is 0. The van der Waals surface area contributed by atoms with E-state index in [-0.39, 0.29) is 6.04 Å². The van der Waals surface area contributed by atoms with Crippen molar-refractivity contribution in [3.05, 3.63) is 65.5 Å². The molecule has 0 bridgehead atoms. The third kappa shape index (κ3) is 3.13. The summed E-state index contributed by atoms with van der Waals surface area (Å²) in [6.07, 6.45) is 2.06. The minimum absolute atomic E-state index is 0.103. The number of carboxylic acid groups (broad SMARTS) is 1. The second-order valence-corrected chi connectivity index (χ2v) is 7.05. The Kier molecular flexibility index (Phi) is 4.72. The molecule has 0 spiro atoms. The lowest BCUT2D eigenvalue weighted by molar-refractivity contribution is 0.0187. The van der Waals surface area contributed by atoms with Crippen molar-refractivity contribution in [2.45, 2.75) is 19.9 Å². The molecule has 0 saturated carbocycles. The van der Waals surface area contributed by atoms with E-state index in [1.807, 2.05) is 25.1 Å². The quantitative estimate of drug-likeness (QED) is 0.760. The lowest BCUT2D eigenvalue weighted by Gasteiger charge is -2.34. The topological polar surface area (TPSA) is 54.2 Å². The molecule has 1 aliphatic rings. The molecule has 5 nitrogen and oxygen atoms in total. The molecule has 27 heavy (non-hydrogen) atoms. The highest BCUT2D eigenvalue weighted by molar-refractivity contribution is 5.94. The molecule has 5 heteroatoms. The average molecular weight is 364 g/mol. The molecule has 4 rings (SSSR count). The predicted molar refractivity (Wildman–Crippen MR) is 105 cm³/mol. The van der Waals surface area contributed by atoms with Gasteiger partial charge in [-0.15, -0.1) is 0 Å². The van der Waals surface area contributed by atoms with Crippen LogP contribution in [0.1, 0.15) is 34.6 Å². The molecule has 1 N–H and O–H groups in total. The number of morpholine rings is 1. The number of hydrogen-bond acceptors (Lipinski definition) is 3. The number of aromatic nitrogens is 1. The van der Waals surface area contributed by atoms with E-state index in [9.17, 15) is 9.90 Å². The van der Waals surface area contributed by atoms with Crippen molar-refractivity contribution in [3.63, 3.8) is 0 Å². The first-order chi connectivity index (χ1) is 13.1. The molecule has 1 atom stereocenters.